The number of carbonyl (C=O) groups excluding carboxylic acids is 1. The minimum Gasteiger partial charge on any atom is -0.372 e. The Morgan fingerprint density at radius 3 is 2.85 bits per heavy atom. The first-order valence-electron chi connectivity index (χ1n) is 6.24. The molecule has 0 saturated heterocycles. The van der Waals surface area contributed by atoms with Crippen LogP contribution >= 0.6 is 15.9 Å². The number of carbonyl (C=O) groups is 1. The number of aromatic nitrogens is 1. The molecule has 104 valence electrons. The van der Waals surface area contributed by atoms with Gasteiger partial charge in [-0.15, -0.1) is 0 Å². The summed E-state index contributed by atoms with van der Waals surface area (Å²) in [5.74, 6) is 0.543. The largest absolute Gasteiger partial charge is 0.372 e. The molecule has 0 aliphatic rings. The number of anilines is 1. The average Bonchev–Trinajstić information content (AvgIpc) is 2.46. The number of benzene rings is 1. The second-order valence-corrected chi connectivity index (χ2v) is 5.36. The van der Waals surface area contributed by atoms with Gasteiger partial charge in [0, 0.05) is 31.3 Å². The van der Waals surface area contributed by atoms with Crippen LogP contribution in [0.4, 0.5) is 5.82 Å². The summed E-state index contributed by atoms with van der Waals surface area (Å²) in [6.07, 6.45) is 1.66. The third kappa shape index (κ3) is 3.36. The van der Waals surface area contributed by atoms with E-state index in [9.17, 15) is 4.79 Å². The Balaban J connectivity index is 2.16. The van der Waals surface area contributed by atoms with E-state index in [1.807, 2.05) is 24.3 Å². The van der Waals surface area contributed by atoms with E-state index in [0.29, 0.717) is 17.9 Å². The number of rotatable bonds is 4. The first kappa shape index (κ1) is 14.5. The predicted octanol–water partition coefficient (Wildman–Crippen LogP) is 3.16. The molecule has 1 aromatic heterocycles. The fourth-order valence-corrected chi connectivity index (χ4v) is 2.41. The maximum absolute atomic E-state index is 12.4. The van der Waals surface area contributed by atoms with E-state index in [0.717, 1.165) is 10.0 Å². The topological polar surface area (TPSA) is 45.2 Å². The minimum atomic E-state index is -0.0533. The molecule has 0 fully saturated rings. The summed E-state index contributed by atoms with van der Waals surface area (Å²) in [6.45, 7) is 0.552. The Kier molecular flexibility index (Phi) is 4.74. The van der Waals surface area contributed by atoms with Gasteiger partial charge in [-0.2, -0.15) is 0 Å². The van der Waals surface area contributed by atoms with Crippen LogP contribution in [-0.2, 0) is 6.54 Å². The lowest BCUT2D eigenvalue weighted by atomic mass is 10.2. The van der Waals surface area contributed by atoms with Crippen molar-refractivity contribution < 1.29 is 4.79 Å². The highest BCUT2D eigenvalue weighted by Crippen LogP contribution is 2.16. The number of pyridine rings is 1. The van der Waals surface area contributed by atoms with Crippen LogP contribution in [0.5, 0.6) is 0 Å². The summed E-state index contributed by atoms with van der Waals surface area (Å²) in [5.41, 5.74) is 1.65. The molecule has 0 atom stereocenters. The smallest absolute Gasteiger partial charge is 0.257 e. The summed E-state index contributed by atoms with van der Waals surface area (Å²) in [4.78, 5) is 18.3. The van der Waals surface area contributed by atoms with Crippen LogP contribution in [0.15, 0.2) is 47.1 Å². The molecule has 0 aliphatic carbocycles. The van der Waals surface area contributed by atoms with Crippen molar-refractivity contribution in [2.75, 3.05) is 19.4 Å². The van der Waals surface area contributed by atoms with Crippen molar-refractivity contribution in [2.24, 2.45) is 0 Å². The van der Waals surface area contributed by atoms with E-state index < -0.39 is 0 Å². The van der Waals surface area contributed by atoms with Gasteiger partial charge in [0.1, 0.15) is 5.82 Å². The predicted molar refractivity (Wildman–Crippen MR) is 83.7 cm³/mol. The van der Waals surface area contributed by atoms with Crippen molar-refractivity contribution in [1.82, 2.24) is 9.88 Å². The van der Waals surface area contributed by atoms with Gasteiger partial charge in [-0.3, -0.25) is 4.79 Å². The molecular weight excluding hydrogens is 318 g/mol. The average molecular weight is 334 g/mol. The zero-order valence-electron chi connectivity index (χ0n) is 11.4. The first-order valence-corrected chi connectivity index (χ1v) is 7.04. The molecule has 20 heavy (non-hydrogen) atoms. The van der Waals surface area contributed by atoms with Crippen LogP contribution in [0.25, 0.3) is 0 Å². The van der Waals surface area contributed by atoms with Gasteiger partial charge >= 0.3 is 0 Å². The second-order valence-electron chi connectivity index (χ2n) is 4.44. The van der Waals surface area contributed by atoms with Crippen LogP contribution in [0.2, 0.25) is 0 Å². The Hall–Kier alpha value is -1.88. The molecule has 1 amide bonds. The zero-order valence-corrected chi connectivity index (χ0v) is 13.0. The molecule has 0 bridgehead atoms. The van der Waals surface area contributed by atoms with Gasteiger partial charge in [-0.1, -0.05) is 28.1 Å². The highest BCUT2D eigenvalue weighted by molar-refractivity contribution is 9.10. The summed E-state index contributed by atoms with van der Waals surface area (Å²) < 4.78 is 1.01. The molecule has 0 saturated carbocycles. The molecular formula is C15H16BrN3O. The molecule has 1 aromatic carbocycles. The maximum Gasteiger partial charge on any atom is 0.257 e. The standard InChI is InChI=1S/C15H16BrN3O/c1-17-14-13(7-4-8-18-14)15(20)19(2)10-11-5-3-6-12(16)9-11/h3-9H,10H2,1-2H3,(H,17,18). The monoisotopic (exact) mass is 333 g/mol. The van der Waals surface area contributed by atoms with Gasteiger partial charge in [0.25, 0.3) is 5.91 Å². The number of halogens is 1. The molecule has 0 radical (unpaired) electrons. The summed E-state index contributed by atoms with van der Waals surface area (Å²) in [5, 5.41) is 2.94. The maximum atomic E-state index is 12.4. The number of amides is 1. The SMILES string of the molecule is CNc1ncccc1C(=O)N(C)Cc1cccc(Br)c1. The zero-order chi connectivity index (χ0) is 14.5. The van der Waals surface area contributed by atoms with Crippen molar-refractivity contribution in [1.29, 1.82) is 0 Å². The molecule has 4 nitrogen and oxygen atoms in total. The van der Waals surface area contributed by atoms with Crippen LogP contribution < -0.4 is 5.32 Å². The van der Waals surface area contributed by atoms with E-state index in [2.05, 4.69) is 26.2 Å². The fraction of sp³-hybridized carbons (Fsp3) is 0.200. The number of hydrogen-bond acceptors (Lipinski definition) is 3. The van der Waals surface area contributed by atoms with E-state index in [1.165, 1.54) is 0 Å². The van der Waals surface area contributed by atoms with Crippen LogP contribution in [-0.4, -0.2) is 29.9 Å². The molecule has 0 spiro atoms. The lowest BCUT2D eigenvalue weighted by Crippen LogP contribution is -2.27. The van der Waals surface area contributed by atoms with E-state index in [1.54, 1.807) is 37.3 Å². The quantitative estimate of drug-likeness (QED) is 0.934. The second kappa shape index (κ2) is 6.52. The lowest BCUT2D eigenvalue weighted by Gasteiger charge is -2.18. The van der Waals surface area contributed by atoms with E-state index >= 15 is 0 Å². The van der Waals surface area contributed by atoms with Gasteiger partial charge in [0.15, 0.2) is 0 Å². The van der Waals surface area contributed by atoms with Crippen molar-refractivity contribution in [3.05, 3.63) is 58.2 Å². The Labute approximate surface area is 127 Å². The van der Waals surface area contributed by atoms with Crippen molar-refractivity contribution in [3.8, 4) is 0 Å². The number of nitrogens with zero attached hydrogens (tertiary/aromatic N) is 2. The van der Waals surface area contributed by atoms with E-state index in [4.69, 9.17) is 0 Å². The summed E-state index contributed by atoms with van der Waals surface area (Å²) in [6, 6.07) is 11.5. The minimum absolute atomic E-state index is 0.0533. The molecule has 2 rings (SSSR count). The normalized spacial score (nSPS) is 10.2. The highest BCUT2D eigenvalue weighted by Gasteiger charge is 2.16. The molecule has 1 N–H and O–H groups in total. The Morgan fingerprint density at radius 1 is 1.35 bits per heavy atom. The molecule has 2 aromatic rings. The van der Waals surface area contributed by atoms with Crippen LogP contribution in [0, 0.1) is 0 Å². The third-order valence-electron chi connectivity index (χ3n) is 2.93. The summed E-state index contributed by atoms with van der Waals surface area (Å²) in [7, 11) is 3.54. The molecule has 0 unspecified atom stereocenters. The first-order chi connectivity index (χ1) is 9.61. The number of hydrogen-bond donors (Lipinski definition) is 1. The van der Waals surface area contributed by atoms with Gasteiger partial charge in [0.05, 0.1) is 5.56 Å². The molecule has 5 heteroatoms. The molecule has 0 aliphatic heterocycles. The number of nitrogens with one attached hydrogen (secondary N) is 1. The van der Waals surface area contributed by atoms with E-state index in [-0.39, 0.29) is 5.91 Å². The van der Waals surface area contributed by atoms with Gasteiger partial charge in [-0.25, -0.2) is 4.98 Å². The highest BCUT2D eigenvalue weighted by atomic mass is 79.9. The third-order valence-corrected chi connectivity index (χ3v) is 3.42. The Bertz CT molecular complexity index is 616. The van der Waals surface area contributed by atoms with Crippen molar-refractivity contribution in [2.45, 2.75) is 6.54 Å². The Morgan fingerprint density at radius 2 is 2.15 bits per heavy atom. The van der Waals surface area contributed by atoms with Crippen LogP contribution in [0.1, 0.15) is 15.9 Å². The fourth-order valence-electron chi connectivity index (χ4n) is 1.96. The summed E-state index contributed by atoms with van der Waals surface area (Å²) >= 11 is 3.43. The lowest BCUT2D eigenvalue weighted by molar-refractivity contribution is 0.0785. The molecule has 1 heterocycles. The van der Waals surface area contributed by atoms with Gasteiger partial charge in [0.2, 0.25) is 0 Å². The van der Waals surface area contributed by atoms with Crippen LogP contribution in [0.3, 0.4) is 0 Å². The van der Waals surface area contributed by atoms with Gasteiger partial charge in [-0.05, 0) is 29.8 Å². The van der Waals surface area contributed by atoms with Crippen molar-refractivity contribution >= 4 is 27.7 Å². The van der Waals surface area contributed by atoms with Gasteiger partial charge < -0.3 is 10.2 Å². The van der Waals surface area contributed by atoms with Crippen molar-refractivity contribution in [3.63, 3.8) is 0 Å².